The van der Waals surface area contributed by atoms with Crippen LogP contribution < -0.4 is 30.6 Å². The number of benzene rings is 1. The van der Waals surface area contributed by atoms with Gasteiger partial charge in [-0.2, -0.15) is 0 Å². The van der Waals surface area contributed by atoms with Crippen molar-refractivity contribution in [3.05, 3.63) is 46.0 Å². The van der Waals surface area contributed by atoms with Gasteiger partial charge < -0.3 is 30.6 Å². The average molecular weight is 481 g/mol. The van der Waals surface area contributed by atoms with Gasteiger partial charge in [0.05, 0.1) is 48.4 Å². The number of hydrogen-bond donors (Lipinski definition) is 3. The molecule has 0 spiro atoms. The molecule has 11 heteroatoms. The van der Waals surface area contributed by atoms with E-state index in [0.717, 1.165) is 25.9 Å². The monoisotopic (exact) mass is 480 g/mol. The molecule has 0 atom stereocenters. The van der Waals surface area contributed by atoms with Crippen LogP contribution in [0.1, 0.15) is 18.4 Å². The summed E-state index contributed by atoms with van der Waals surface area (Å²) < 4.78 is 16.3. The zero-order valence-corrected chi connectivity index (χ0v) is 19.4. The van der Waals surface area contributed by atoms with Gasteiger partial charge in [0.15, 0.2) is 5.75 Å². The van der Waals surface area contributed by atoms with Crippen molar-refractivity contribution in [3.8, 4) is 17.2 Å². The predicted octanol–water partition coefficient (Wildman–Crippen LogP) is 3.41. The normalized spacial score (nSPS) is 15.1. The number of allylic oxidation sites excluding steroid dienone is 1. The fourth-order valence-electron chi connectivity index (χ4n) is 3.06. The predicted molar refractivity (Wildman–Crippen MR) is 126 cm³/mol. The molecule has 0 aliphatic carbocycles. The van der Waals surface area contributed by atoms with Crippen molar-refractivity contribution in [2.24, 2.45) is 10.7 Å². The topological polar surface area (TPSA) is 116 Å². The minimum absolute atomic E-state index is 0.0816. The Labute approximate surface area is 197 Å². The first kappa shape index (κ1) is 23.9. The number of aliphatic imine (C=N–C) groups is 1. The van der Waals surface area contributed by atoms with E-state index in [1.54, 1.807) is 12.3 Å². The zero-order chi connectivity index (χ0) is 22.9. The Balaban J connectivity index is 1.62. The van der Waals surface area contributed by atoms with Gasteiger partial charge in [0.2, 0.25) is 5.95 Å². The fraction of sp³-hybridized carbons (Fsp3) is 0.381. The molecule has 1 fully saturated rings. The first-order valence-electron chi connectivity index (χ1n) is 10.0. The van der Waals surface area contributed by atoms with Gasteiger partial charge >= 0.3 is 0 Å². The summed E-state index contributed by atoms with van der Waals surface area (Å²) in [7, 11) is 3.03. The average Bonchev–Trinajstić information content (AvgIpc) is 2.83. The summed E-state index contributed by atoms with van der Waals surface area (Å²) in [6, 6.07) is 1.91. The lowest BCUT2D eigenvalue weighted by atomic mass is 10.1. The molecule has 0 saturated carbocycles. The summed E-state index contributed by atoms with van der Waals surface area (Å²) in [6.07, 6.45) is 8.22. The van der Waals surface area contributed by atoms with E-state index in [-0.39, 0.29) is 6.61 Å². The number of aromatic nitrogens is 2. The highest BCUT2D eigenvalue weighted by atomic mass is 35.5. The Kier molecular flexibility index (Phi) is 8.78. The smallest absolute Gasteiger partial charge is 0.227 e. The molecule has 0 amide bonds. The highest BCUT2D eigenvalue weighted by Gasteiger charge is 2.18. The molecule has 172 valence electrons. The molecule has 2 heterocycles. The van der Waals surface area contributed by atoms with E-state index in [4.69, 9.17) is 43.1 Å². The number of nitrogens with one attached hydrogen (secondary N) is 2. The van der Waals surface area contributed by atoms with E-state index in [2.05, 4.69) is 25.6 Å². The fourth-order valence-corrected chi connectivity index (χ4v) is 3.67. The van der Waals surface area contributed by atoms with Gasteiger partial charge in [-0.15, -0.1) is 0 Å². The molecule has 1 aliphatic heterocycles. The highest BCUT2D eigenvalue weighted by Crippen LogP contribution is 2.40. The Morgan fingerprint density at radius 2 is 1.81 bits per heavy atom. The molecular formula is C21H26Cl2N6O3. The minimum atomic E-state index is 0.0816. The molecule has 4 N–H and O–H groups in total. The lowest BCUT2D eigenvalue weighted by molar-refractivity contribution is 0.301. The number of piperidine rings is 1. The van der Waals surface area contributed by atoms with Crippen molar-refractivity contribution in [1.82, 2.24) is 15.3 Å². The third-order valence-corrected chi connectivity index (χ3v) is 5.67. The summed E-state index contributed by atoms with van der Waals surface area (Å²) in [5, 5.41) is 7.05. The van der Waals surface area contributed by atoms with Crippen LogP contribution in [0, 0.1) is 0 Å². The molecule has 32 heavy (non-hydrogen) atoms. The summed E-state index contributed by atoms with van der Waals surface area (Å²) >= 11 is 12.7. The van der Waals surface area contributed by atoms with Gasteiger partial charge in [-0.05, 0) is 25.9 Å². The van der Waals surface area contributed by atoms with Crippen molar-refractivity contribution >= 4 is 35.4 Å². The minimum Gasteiger partial charge on any atom is -0.495 e. The van der Waals surface area contributed by atoms with Crippen LogP contribution in [-0.2, 0) is 6.61 Å². The van der Waals surface area contributed by atoms with Gasteiger partial charge in [-0.3, -0.25) is 4.99 Å². The first-order valence-corrected chi connectivity index (χ1v) is 10.8. The zero-order valence-electron chi connectivity index (χ0n) is 17.9. The molecule has 2 aromatic rings. The van der Waals surface area contributed by atoms with Crippen LogP contribution in [0.2, 0.25) is 10.0 Å². The molecule has 1 aromatic heterocycles. The molecule has 1 aromatic carbocycles. The van der Waals surface area contributed by atoms with Gasteiger partial charge in [0.25, 0.3) is 0 Å². The molecule has 0 radical (unpaired) electrons. The van der Waals surface area contributed by atoms with Crippen LogP contribution in [0.5, 0.6) is 17.2 Å². The maximum Gasteiger partial charge on any atom is 0.227 e. The molecule has 9 nitrogen and oxygen atoms in total. The third kappa shape index (κ3) is 6.15. The van der Waals surface area contributed by atoms with Crippen molar-refractivity contribution in [2.75, 3.05) is 32.6 Å². The Morgan fingerprint density at radius 3 is 2.38 bits per heavy atom. The largest absolute Gasteiger partial charge is 0.495 e. The number of nitrogens with two attached hydrogens (primary N) is 1. The van der Waals surface area contributed by atoms with E-state index in [1.807, 2.05) is 0 Å². The second-order valence-electron chi connectivity index (χ2n) is 6.93. The molecule has 0 bridgehead atoms. The van der Waals surface area contributed by atoms with Crippen molar-refractivity contribution in [3.63, 3.8) is 0 Å². The molecule has 3 rings (SSSR count). The van der Waals surface area contributed by atoms with Crippen molar-refractivity contribution < 1.29 is 14.2 Å². The number of hydrogen-bond acceptors (Lipinski definition) is 9. The second kappa shape index (κ2) is 11.8. The van der Waals surface area contributed by atoms with Gasteiger partial charge in [0.1, 0.15) is 18.1 Å². The van der Waals surface area contributed by atoms with Crippen molar-refractivity contribution in [1.29, 1.82) is 0 Å². The lowest BCUT2D eigenvalue weighted by Gasteiger charge is -2.18. The summed E-state index contributed by atoms with van der Waals surface area (Å²) in [5.41, 5.74) is 6.85. The number of anilines is 1. The SMILES string of the molecule is COc1cc(OC)c(Cl)c(COc2cnc(NC(C=NC3CCNCC3)=CN)nc2)c1Cl. The maximum absolute atomic E-state index is 6.37. The van der Waals surface area contributed by atoms with Crippen LogP contribution in [0.4, 0.5) is 5.95 Å². The van der Waals surface area contributed by atoms with Crippen LogP contribution >= 0.6 is 23.2 Å². The van der Waals surface area contributed by atoms with Crippen LogP contribution in [0.15, 0.2) is 35.3 Å². The molecule has 1 saturated heterocycles. The van der Waals surface area contributed by atoms with E-state index in [0.29, 0.717) is 50.5 Å². The Morgan fingerprint density at radius 1 is 1.19 bits per heavy atom. The van der Waals surface area contributed by atoms with Gasteiger partial charge in [-0.1, -0.05) is 23.2 Å². The number of ether oxygens (including phenoxy) is 3. The van der Waals surface area contributed by atoms with Crippen molar-refractivity contribution in [2.45, 2.75) is 25.5 Å². The highest BCUT2D eigenvalue weighted by molar-refractivity contribution is 6.37. The van der Waals surface area contributed by atoms with Gasteiger partial charge in [0, 0.05) is 24.0 Å². The lowest BCUT2D eigenvalue weighted by Crippen LogP contribution is -2.30. The molecule has 1 aliphatic rings. The summed E-state index contributed by atoms with van der Waals surface area (Å²) in [6.45, 7) is 2.03. The number of rotatable bonds is 9. The van der Waals surface area contributed by atoms with E-state index in [9.17, 15) is 0 Å². The Bertz CT molecular complexity index is 935. The number of nitrogens with zero attached hydrogens (tertiary/aromatic N) is 3. The van der Waals surface area contributed by atoms with Crippen LogP contribution in [0.3, 0.4) is 0 Å². The second-order valence-corrected chi connectivity index (χ2v) is 7.68. The number of methoxy groups -OCH3 is 2. The van der Waals surface area contributed by atoms with Crippen LogP contribution in [0.25, 0.3) is 0 Å². The third-order valence-electron chi connectivity index (χ3n) is 4.84. The maximum atomic E-state index is 6.37. The quantitative estimate of drug-likeness (QED) is 0.467. The molecule has 0 unspecified atom stereocenters. The van der Waals surface area contributed by atoms with E-state index >= 15 is 0 Å². The number of halogens is 2. The summed E-state index contributed by atoms with van der Waals surface area (Å²) in [5.74, 6) is 1.68. The van der Waals surface area contributed by atoms with Gasteiger partial charge in [-0.25, -0.2) is 9.97 Å². The molecular weight excluding hydrogens is 455 g/mol. The summed E-state index contributed by atoms with van der Waals surface area (Å²) in [4.78, 5) is 13.1. The standard InChI is InChI=1S/C21H26Cl2N6O3/c1-30-17-7-18(31-2)20(23)16(19(17)22)12-32-15-10-27-21(28-11-15)29-14(8-24)9-26-13-3-5-25-6-4-13/h7-11,13,25H,3-6,12,24H2,1-2H3,(H,27,28,29). The Hall–Kier alpha value is -2.75. The van der Waals surface area contributed by atoms with E-state index in [1.165, 1.54) is 32.8 Å². The van der Waals surface area contributed by atoms with Crippen LogP contribution in [-0.4, -0.2) is 49.5 Å². The van der Waals surface area contributed by atoms with E-state index < -0.39 is 0 Å². The first-order chi connectivity index (χ1) is 15.5.